The van der Waals surface area contributed by atoms with Crippen molar-refractivity contribution in [3.8, 4) is 5.75 Å². The van der Waals surface area contributed by atoms with E-state index in [1.807, 2.05) is 12.1 Å². The Kier molecular flexibility index (Phi) is 7.66. The third-order valence-electron chi connectivity index (χ3n) is 4.45. The largest absolute Gasteiger partial charge is 0.488 e. The molecule has 0 spiro atoms. The summed E-state index contributed by atoms with van der Waals surface area (Å²) in [5.41, 5.74) is 2.91. The van der Waals surface area contributed by atoms with Gasteiger partial charge in [-0.1, -0.05) is 35.9 Å². The number of halogens is 1. The minimum absolute atomic E-state index is 0.0324. The minimum Gasteiger partial charge on any atom is -0.488 e. The van der Waals surface area contributed by atoms with Crippen LogP contribution in [0.2, 0.25) is 5.02 Å². The summed E-state index contributed by atoms with van der Waals surface area (Å²) in [5.74, 6) is -0.0841. The highest BCUT2D eigenvalue weighted by Gasteiger charge is 2.21. The summed E-state index contributed by atoms with van der Waals surface area (Å²) < 4.78 is 5.81. The Morgan fingerprint density at radius 2 is 1.76 bits per heavy atom. The first kappa shape index (κ1) is 23.4. The molecule has 1 amide bonds. The Labute approximate surface area is 192 Å². The van der Waals surface area contributed by atoms with E-state index in [4.69, 9.17) is 16.3 Å². The van der Waals surface area contributed by atoms with Gasteiger partial charge in [-0.2, -0.15) is 5.10 Å². The monoisotopic (exact) mass is 468 g/mol. The van der Waals surface area contributed by atoms with E-state index in [0.717, 1.165) is 17.7 Å². The number of hydrogen-bond donors (Lipinski definition) is 1. The standard InChI is InChI=1S/C22H17ClN4O6/c23-18-8-5-15(6-9-18)14-33-21-4-2-1-3-17(21)13-24-25-22(28)11-16-7-10-19(26(29)30)12-20(16)27(31)32/h1-10,12-13H,11,14H2,(H,25,28). The number of carbonyl (C=O) groups excluding carboxylic acids is 1. The Hall–Kier alpha value is -4.31. The highest BCUT2D eigenvalue weighted by Crippen LogP contribution is 2.25. The molecule has 33 heavy (non-hydrogen) atoms. The topological polar surface area (TPSA) is 137 Å². The fraction of sp³-hybridized carbons (Fsp3) is 0.0909. The van der Waals surface area contributed by atoms with Gasteiger partial charge >= 0.3 is 0 Å². The maximum atomic E-state index is 12.2. The van der Waals surface area contributed by atoms with Gasteiger partial charge in [-0.05, 0) is 35.9 Å². The molecule has 0 atom stereocenters. The van der Waals surface area contributed by atoms with Gasteiger partial charge < -0.3 is 4.74 Å². The fourth-order valence-electron chi connectivity index (χ4n) is 2.83. The first-order valence-corrected chi connectivity index (χ1v) is 9.91. The predicted molar refractivity (Wildman–Crippen MR) is 121 cm³/mol. The third-order valence-corrected chi connectivity index (χ3v) is 4.70. The van der Waals surface area contributed by atoms with Crippen molar-refractivity contribution >= 4 is 35.1 Å². The number of nitrogens with one attached hydrogen (secondary N) is 1. The number of nitro groups is 2. The van der Waals surface area contributed by atoms with Gasteiger partial charge in [0.1, 0.15) is 12.4 Å². The highest BCUT2D eigenvalue weighted by molar-refractivity contribution is 6.30. The van der Waals surface area contributed by atoms with Crippen LogP contribution in [0.25, 0.3) is 0 Å². The third kappa shape index (κ3) is 6.58. The summed E-state index contributed by atoms with van der Waals surface area (Å²) in [7, 11) is 0. The van der Waals surface area contributed by atoms with Crippen LogP contribution in [0.1, 0.15) is 16.7 Å². The summed E-state index contributed by atoms with van der Waals surface area (Å²) in [6.45, 7) is 0.304. The van der Waals surface area contributed by atoms with E-state index in [1.165, 1.54) is 12.3 Å². The molecule has 11 heteroatoms. The molecule has 0 saturated heterocycles. The number of hydrogen-bond acceptors (Lipinski definition) is 7. The maximum absolute atomic E-state index is 12.2. The van der Waals surface area contributed by atoms with Gasteiger partial charge in [0.05, 0.1) is 28.5 Å². The molecule has 0 aliphatic rings. The van der Waals surface area contributed by atoms with E-state index in [0.29, 0.717) is 22.9 Å². The number of hydrazone groups is 1. The number of rotatable bonds is 9. The Morgan fingerprint density at radius 1 is 1.03 bits per heavy atom. The minimum atomic E-state index is -0.771. The number of ether oxygens (including phenoxy) is 1. The summed E-state index contributed by atoms with van der Waals surface area (Å²) in [4.78, 5) is 32.7. The summed E-state index contributed by atoms with van der Waals surface area (Å²) in [6.07, 6.45) is 1.01. The SMILES string of the molecule is O=C(Cc1ccc([N+](=O)[O-])cc1[N+](=O)[O-])NN=Cc1ccccc1OCc1ccc(Cl)cc1. The summed E-state index contributed by atoms with van der Waals surface area (Å²) in [5, 5.41) is 26.5. The van der Waals surface area contributed by atoms with Gasteiger partial charge in [0, 0.05) is 22.2 Å². The van der Waals surface area contributed by atoms with Gasteiger partial charge in [-0.15, -0.1) is 0 Å². The zero-order chi connectivity index (χ0) is 23.8. The molecule has 0 aromatic heterocycles. The average molecular weight is 469 g/mol. The molecule has 3 aromatic carbocycles. The summed E-state index contributed by atoms with van der Waals surface area (Å²) >= 11 is 5.88. The van der Waals surface area contributed by atoms with Gasteiger partial charge in [0.25, 0.3) is 11.4 Å². The second-order valence-electron chi connectivity index (χ2n) is 6.75. The number of para-hydroxylation sites is 1. The molecule has 1 N–H and O–H groups in total. The van der Waals surface area contributed by atoms with Crippen LogP contribution in [-0.4, -0.2) is 22.0 Å². The molecule has 0 bridgehead atoms. The lowest BCUT2D eigenvalue weighted by molar-refractivity contribution is -0.394. The normalized spacial score (nSPS) is 10.7. The second-order valence-corrected chi connectivity index (χ2v) is 7.19. The summed E-state index contributed by atoms with van der Waals surface area (Å²) in [6, 6.07) is 17.4. The molecule has 0 heterocycles. The van der Waals surface area contributed by atoms with E-state index in [2.05, 4.69) is 10.5 Å². The lowest BCUT2D eigenvalue weighted by Gasteiger charge is -2.09. The smallest absolute Gasteiger partial charge is 0.279 e. The van der Waals surface area contributed by atoms with Crippen molar-refractivity contribution in [2.24, 2.45) is 5.10 Å². The molecule has 0 saturated carbocycles. The van der Waals surface area contributed by atoms with Crippen molar-refractivity contribution in [1.29, 1.82) is 0 Å². The number of carbonyl (C=O) groups is 1. The van der Waals surface area contributed by atoms with Crippen molar-refractivity contribution in [1.82, 2.24) is 5.43 Å². The molecule has 0 fully saturated rings. The Bertz CT molecular complexity index is 1210. The highest BCUT2D eigenvalue weighted by atomic mass is 35.5. The first-order valence-electron chi connectivity index (χ1n) is 9.53. The average Bonchev–Trinajstić information content (AvgIpc) is 2.79. The fourth-order valence-corrected chi connectivity index (χ4v) is 2.96. The van der Waals surface area contributed by atoms with Crippen molar-refractivity contribution in [3.05, 3.63) is 109 Å². The van der Waals surface area contributed by atoms with Crippen LogP contribution in [0.3, 0.4) is 0 Å². The number of non-ortho nitro benzene ring substituents is 1. The molecule has 0 aliphatic carbocycles. The second kappa shape index (κ2) is 10.8. The molecule has 3 aromatic rings. The van der Waals surface area contributed by atoms with Crippen molar-refractivity contribution in [3.63, 3.8) is 0 Å². The number of amides is 1. The van der Waals surface area contributed by atoms with Crippen LogP contribution in [-0.2, 0) is 17.8 Å². The molecule has 3 rings (SSSR count). The molecule has 0 radical (unpaired) electrons. The van der Waals surface area contributed by atoms with E-state index < -0.39 is 27.1 Å². The molecular weight excluding hydrogens is 452 g/mol. The van der Waals surface area contributed by atoms with Crippen molar-refractivity contribution in [2.45, 2.75) is 13.0 Å². The number of benzene rings is 3. The lowest BCUT2D eigenvalue weighted by Crippen LogP contribution is -2.20. The van der Waals surface area contributed by atoms with E-state index in [-0.39, 0.29) is 12.0 Å². The van der Waals surface area contributed by atoms with Gasteiger partial charge in [-0.25, -0.2) is 5.43 Å². The maximum Gasteiger partial charge on any atom is 0.279 e. The van der Waals surface area contributed by atoms with E-state index in [9.17, 15) is 25.0 Å². The lowest BCUT2D eigenvalue weighted by atomic mass is 10.1. The van der Waals surface area contributed by atoms with Crippen molar-refractivity contribution in [2.75, 3.05) is 0 Å². The zero-order valence-electron chi connectivity index (χ0n) is 17.0. The Morgan fingerprint density at radius 3 is 2.45 bits per heavy atom. The van der Waals surface area contributed by atoms with E-state index in [1.54, 1.807) is 36.4 Å². The molecule has 10 nitrogen and oxygen atoms in total. The molecule has 168 valence electrons. The Balaban J connectivity index is 1.63. The van der Waals surface area contributed by atoms with Crippen LogP contribution in [0.4, 0.5) is 11.4 Å². The molecular formula is C22H17ClN4O6. The first-order chi connectivity index (χ1) is 15.8. The predicted octanol–water partition coefficient (Wildman–Crippen LogP) is 4.43. The number of nitrogens with zero attached hydrogens (tertiary/aromatic N) is 3. The van der Waals surface area contributed by atoms with Crippen molar-refractivity contribution < 1.29 is 19.4 Å². The molecule has 0 aliphatic heterocycles. The van der Waals surface area contributed by atoms with E-state index >= 15 is 0 Å². The van der Waals surface area contributed by atoms with Crippen LogP contribution >= 0.6 is 11.6 Å². The van der Waals surface area contributed by atoms with Crippen LogP contribution in [0, 0.1) is 20.2 Å². The molecule has 0 unspecified atom stereocenters. The van der Waals surface area contributed by atoms with Crippen LogP contribution in [0.5, 0.6) is 5.75 Å². The zero-order valence-corrected chi connectivity index (χ0v) is 17.8. The van der Waals surface area contributed by atoms with Gasteiger partial charge in [0.15, 0.2) is 0 Å². The van der Waals surface area contributed by atoms with Gasteiger partial charge in [-0.3, -0.25) is 25.0 Å². The van der Waals surface area contributed by atoms with Crippen LogP contribution in [0.15, 0.2) is 71.8 Å². The number of nitro benzene ring substituents is 2. The van der Waals surface area contributed by atoms with Crippen LogP contribution < -0.4 is 10.2 Å². The van der Waals surface area contributed by atoms with Gasteiger partial charge in [0.2, 0.25) is 5.91 Å². The quantitative estimate of drug-likeness (QED) is 0.280.